The van der Waals surface area contributed by atoms with Crippen molar-refractivity contribution in [3.63, 3.8) is 0 Å². The van der Waals surface area contributed by atoms with Crippen molar-refractivity contribution in [2.75, 3.05) is 13.6 Å². The normalized spacial score (nSPS) is 12.5. The van der Waals surface area contributed by atoms with E-state index in [0.29, 0.717) is 28.1 Å². The van der Waals surface area contributed by atoms with Crippen LogP contribution in [0.25, 0.3) is 5.69 Å². The van der Waals surface area contributed by atoms with Crippen molar-refractivity contribution in [2.45, 2.75) is 32.7 Å². The summed E-state index contributed by atoms with van der Waals surface area (Å²) in [6, 6.07) is 5.08. The Kier molecular flexibility index (Phi) is 5.85. The van der Waals surface area contributed by atoms with Crippen molar-refractivity contribution in [1.29, 1.82) is 0 Å². The molecular formula is C16H21Cl2N5O. The second kappa shape index (κ2) is 7.51. The summed E-state index contributed by atoms with van der Waals surface area (Å²) >= 11 is 12.6. The fraction of sp³-hybridized carbons (Fsp3) is 0.438. The van der Waals surface area contributed by atoms with Gasteiger partial charge in [-0.2, -0.15) is 0 Å². The van der Waals surface area contributed by atoms with Gasteiger partial charge in [-0.05, 0) is 19.1 Å². The molecule has 1 unspecified atom stereocenters. The zero-order valence-electron chi connectivity index (χ0n) is 14.1. The number of nitrogens with two attached hydrogens (primary N) is 1. The molecule has 6 nitrogen and oxygen atoms in total. The number of carbonyl (C=O) groups excluding carboxylic acids is 1. The van der Waals surface area contributed by atoms with Crippen LogP contribution in [0.2, 0.25) is 10.0 Å². The van der Waals surface area contributed by atoms with E-state index in [2.05, 4.69) is 10.1 Å². The average Bonchev–Trinajstić information content (AvgIpc) is 2.97. The number of rotatable bonds is 5. The number of hydrogen-bond acceptors (Lipinski definition) is 4. The average molecular weight is 370 g/mol. The Morgan fingerprint density at radius 1 is 1.29 bits per heavy atom. The molecule has 1 atom stereocenters. The maximum Gasteiger partial charge on any atom is 0.293 e. The number of nitrogens with zero attached hydrogens (tertiary/aromatic N) is 4. The second-order valence-corrected chi connectivity index (χ2v) is 6.75. The van der Waals surface area contributed by atoms with Gasteiger partial charge in [-0.3, -0.25) is 4.79 Å². The van der Waals surface area contributed by atoms with Gasteiger partial charge in [0.25, 0.3) is 5.91 Å². The van der Waals surface area contributed by atoms with Crippen LogP contribution in [0.15, 0.2) is 18.2 Å². The van der Waals surface area contributed by atoms with Gasteiger partial charge in [-0.15, -0.1) is 5.10 Å². The van der Waals surface area contributed by atoms with Crippen molar-refractivity contribution in [1.82, 2.24) is 19.7 Å². The number of amides is 1. The standard InChI is InChI=1S/C16H21Cl2N5O/c1-9(2)15-20-14(16(24)22(4)10(3)8-19)21-23(15)13-11(17)6-5-7-12(13)18/h5-7,9-10H,8,19H2,1-4H3. The third kappa shape index (κ3) is 3.55. The zero-order chi connectivity index (χ0) is 18.0. The Bertz CT molecular complexity index is 724. The molecular weight excluding hydrogens is 349 g/mol. The number of likely N-dealkylation sites (N-methyl/N-ethyl adjacent to an activating group) is 1. The van der Waals surface area contributed by atoms with Crippen LogP contribution in [-0.4, -0.2) is 45.2 Å². The minimum Gasteiger partial charge on any atom is -0.335 e. The van der Waals surface area contributed by atoms with Crippen LogP contribution in [0.4, 0.5) is 0 Å². The summed E-state index contributed by atoms with van der Waals surface area (Å²) in [6.07, 6.45) is 0. The topological polar surface area (TPSA) is 77.0 Å². The molecule has 0 saturated carbocycles. The molecule has 1 aromatic heterocycles. The molecule has 0 bridgehead atoms. The fourth-order valence-electron chi connectivity index (χ4n) is 2.16. The Hall–Kier alpha value is -1.63. The van der Waals surface area contributed by atoms with Crippen LogP contribution in [0.3, 0.4) is 0 Å². The summed E-state index contributed by atoms with van der Waals surface area (Å²) in [5, 5.41) is 5.25. The first-order chi connectivity index (χ1) is 11.3. The van der Waals surface area contributed by atoms with E-state index < -0.39 is 0 Å². The van der Waals surface area contributed by atoms with E-state index in [4.69, 9.17) is 28.9 Å². The van der Waals surface area contributed by atoms with Crippen molar-refractivity contribution < 1.29 is 4.79 Å². The molecule has 130 valence electrons. The molecule has 1 heterocycles. The first-order valence-corrected chi connectivity index (χ1v) is 8.42. The summed E-state index contributed by atoms with van der Waals surface area (Å²) in [5.41, 5.74) is 6.15. The summed E-state index contributed by atoms with van der Waals surface area (Å²) in [5.74, 6) is 0.444. The van der Waals surface area contributed by atoms with Gasteiger partial charge < -0.3 is 10.6 Å². The van der Waals surface area contributed by atoms with E-state index >= 15 is 0 Å². The molecule has 0 aliphatic heterocycles. The monoisotopic (exact) mass is 369 g/mol. The highest BCUT2D eigenvalue weighted by molar-refractivity contribution is 6.37. The lowest BCUT2D eigenvalue weighted by Gasteiger charge is -2.21. The Morgan fingerprint density at radius 2 is 1.88 bits per heavy atom. The highest BCUT2D eigenvalue weighted by Gasteiger charge is 2.25. The molecule has 0 aliphatic carbocycles. The molecule has 2 rings (SSSR count). The van der Waals surface area contributed by atoms with Gasteiger partial charge in [0, 0.05) is 25.6 Å². The number of carbonyl (C=O) groups is 1. The molecule has 1 aromatic carbocycles. The zero-order valence-corrected chi connectivity index (χ0v) is 15.6. The predicted molar refractivity (Wildman–Crippen MR) is 96.1 cm³/mol. The number of halogens is 2. The second-order valence-electron chi connectivity index (χ2n) is 5.93. The van der Waals surface area contributed by atoms with Gasteiger partial charge in [-0.1, -0.05) is 43.1 Å². The van der Waals surface area contributed by atoms with Gasteiger partial charge >= 0.3 is 0 Å². The lowest BCUT2D eigenvalue weighted by molar-refractivity contribution is 0.0736. The highest BCUT2D eigenvalue weighted by atomic mass is 35.5. The molecule has 0 saturated heterocycles. The molecule has 8 heteroatoms. The number of aromatic nitrogens is 3. The number of hydrogen-bond donors (Lipinski definition) is 1. The van der Waals surface area contributed by atoms with Gasteiger partial charge in [-0.25, -0.2) is 9.67 Å². The largest absolute Gasteiger partial charge is 0.335 e. The minimum atomic E-state index is -0.295. The molecule has 24 heavy (non-hydrogen) atoms. The van der Waals surface area contributed by atoms with Gasteiger partial charge in [0.15, 0.2) is 0 Å². The van der Waals surface area contributed by atoms with Crippen molar-refractivity contribution >= 4 is 29.1 Å². The molecule has 0 fully saturated rings. The molecule has 1 amide bonds. The first-order valence-electron chi connectivity index (χ1n) is 7.66. The van der Waals surface area contributed by atoms with Gasteiger partial charge in [0.05, 0.1) is 10.0 Å². The molecule has 0 radical (unpaired) electrons. The molecule has 0 spiro atoms. The van der Waals surface area contributed by atoms with Crippen molar-refractivity contribution in [2.24, 2.45) is 5.73 Å². The van der Waals surface area contributed by atoms with Gasteiger partial charge in [0.2, 0.25) is 5.82 Å². The predicted octanol–water partition coefficient (Wildman–Crippen LogP) is 3.12. The van der Waals surface area contributed by atoms with E-state index in [-0.39, 0.29) is 23.7 Å². The maximum atomic E-state index is 12.6. The molecule has 2 aromatic rings. The first kappa shape index (κ1) is 18.7. The SMILES string of the molecule is CC(C)c1nc(C(=O)N(C)C(C)CN)nn1-c1c(Cl)cccc1Cl. The maximum absolute atomic E-state index is 12.6. The van der Waals surface area contributed by atoms with E-state index in [9.17, 15) is 4.79 Å². The highest BCUT2D eigenvalue weighted by Crippen LogP contribution is 2.30. The van der Waals surface area contributed by atoms with Crippen molar-refractivity contribution in [3.8, 4) is 5.69 Å². The number of para-hydroxylation sites is 1. The third-order valence-electron chi connectivity index (χ3n) is 3.81. The Morgan fingerprint density at radius 3 is 2.38 bits per heavy atom. The summed E-state index contributed by atoms with van der Waals surface area (Å²) in [4.78, 5) is 18.5. The Labute approximate surface area is 151 Å². The van der Waals surface area contributed by atoms with E-state index in [0.717, 1.165) is 0 Å². The quantitative estimate of drug-likeness (QED) is 0.877. The molecule has 2 N–H and O–H groups in total. The van der Waals surface area contributed by atoms with Crippen molar-refractivity contribution in [3.05, 3.63) is 39.9 Å². The molecule has 0 aliphatic rings. The van der Waals surface area contributed by atoms with E-state index in [1.807, 2.05) is 20.8 Å². The van der Waals surface area contributed by atoms with Crippen LogP contribution in [-0.2, 0) is 0 Å². The third-order valence-corrected chi connectivity index (χ3v) is 4.42. The lowest BCUT2D eigenvalue weighted by atomic mass is 10.2. The van der Waals surface area contributed by atoms with Gasteiger partial charge in [0.1, 0.15) is 11.5 Å². The summed E-state index contributed by atoms with van der Waals surface area (Å²) < 4.78 is 1.55. The lowest BCUT2D eigenvalue weighted by Crippen LogP contribution is -2.40. The van der Waals surface area contributed by atoms with Crippen LogP contribution < -0.4 is 5.73 Å². The van der Waals surface area contributed by atoms with E-state index in [1.54, 1.807) is 29.9 Å². The van der Waals surface area contributed by atoms with Crippen LogP contribution >= 0.6 is 23.2 Å². The van der Waals surface area contributed by atoms with Crippen LogP contribution in [0.1, 0.15) is 43.1 Å². The summed E-state index contributed by atoms with van der Waals surface area (Å²) in [6.45, 7) is 6.15. The van der Waals surface area contributed by atoms with Crippen LogP contribution in [0, 0.1) is 0 Å². The smallest absolute Gasteiger partial charge is 0.293 e. The van der Waals surface area contributed by atoms with E-state index in [1.165, 1.54) is 4.90 Å². The number of benzene rings is 1. The Balaban J connectivity index is 2.55. The fourth-order valence-corrected chi connectivity index (χ4v) is 2.72. The minimum absolute atomic E-state index is 0.0311. The van der Waals surface area contributed by atoms with Crippen LogP contribution in [0.5, 0.6) is 0 Å². The summed E-state index contributed by atoms with van der Waals surface area (Å²) in [7, 11) is 1.68.